The van der Waals surface area contributed by atoms with Gasteiger partial charge in [0.25, 0.3) is 0 Å². The standard InChI is InChI=1S/C21H22N2O3/c1-4-16-10-18(12-20(11-16)25-5-2)21(14-26-15(3)24)23-19-8-6-17(13-22)7-9-19/h4,6-12,21,23H,1,5,14H2,2-3H3. The van der Waals surface area contributed by atoms with Gasteiger partial charge in [0, 0.05) is 12.6 Å². The molecule has 0 aliphatic carbocycles. The summed E-state index contributed by atoms with van der Waals surface area (Å²) in [5.41, 5.74) is 3.24. The molecule has 0 bridgehead atoms. The van der Waals surface area contributed by atoms with Crippen molar-refractivity contribution in [2.75, 3.05) is 18.5 Å². The van der Waals surface area contributed by atoms with E-state index in [0.29, 0.717) is 12.2 Å². The van der Waals surface area contributed by atoms with Crippen LogP contribution in [0.1, 0.15) is 36.6 Å². The molecule has 0 saturated heterocycles. The SMILES string of the molecule is C=Cc1cc(OCC)cc(C(COC(C)=O)Nc2ccc(C#N)cc2)c1. The summed E-state index contributed by atoms with van der Waals surface area (Å²) in [5, 5.41) is 12.3. The molecule has 134 valence electrons. The number of ether oxygens (including phenoxy) is 2. The summed E-state index contributed by atoms with van der Waals surface area (Å²) < 4.78 is 10.9. The minimum Gasteiger partial charge on any atom is -0.494 e. The Bertz CT molecular complexity index is 807. The summed E-state index contributed by atoms with van der Waals surface area (Å²) in [7, 11) is 0. The highest BCUT2D eigenvalue weighted by atomic mass is 16.5. The molecular weight excluding hydrogens is 328 g/mol. The Hall–Kier alpha value is -3.26. The number of anilines is 1. The normalized spacial score (nSPS) is 11.1. The van der Waals surface area contributed by atoms with Gasteiger partial charge in [-0.05, 0) is 60.5 Å². The van der Waals surface area contributed by atoms with Crippen molar-refractivity contribution in [2.45, 2.75) is 19.9 Å². The summed E-state index contributed by atoms with van der Waals surface area (Å²) in [6.07, 6.45) is 1.75. The molecule has 0 spiro atoms. The number of esters is 1. The number of hydrogen-bond acceptors (Lipinski definition) is 5. The second-order valence-corrected chi connectivity index (χ2v) is 5.66. The number of hydrogen-bond donors (Lipinski definition) is 1. The van der Waals surface area contributed by atoms with E-state index >= 15 is 0 Å². The van der Waals surface area contributed by atoms with E-state index in [4.69, 9.17) is 14.7 Å². The molecular formula is C21H22N2O3. The second kappa shape index (κ2) is 9.28. The Kier molecular flexibility index (Phi) is 6.81. The molecule has 0 saturated carbocycles. The maximum Gasteiger partial charge on any atom is 0.302 e. The Morgan fingerprint density at radius 2 is 2.04 bits per heavy atom. The van der Waals surface area contributed by atoms with Crippen LogP contribution in [0.5, 0.6) is 5.75 Å². The molecule has 1 atom stereocenters. The average Bonchev–Trinajstić information content (AvgIpc) is 2.65. The second-order valence-electron chi connectivity index (χ2n) is 5.66. The van der Waals surface area contributed by atoms with Crippen LogP contribution in [0.15, 0.2) is 49.0 Å². The zero-order valence-electron chi connectivity index (χ0n) is 15.0. The molecule has 2 aromatic rings. The van der Waals surface area contributed by atoms with E-state index in [1.165, 1.54) is 6.92 Å². The summed E-state index contributed by atoms with van der Waals surface area (Å²) in [5.74, 6) is 0.385. The van der Waals surface area contributed by atoms with Crippen molar-refractivity contribution >= 4 is 17.7 Å². The number of nitrogens with one attached hydrogen (secondary N) is 1. The average molecular weight is 350 g/mol. The van der Waals surface area contributed by atoms with Crippen molar-refractivity contribution in [3.8, 4) is 11.8 Å². The topological polar surface area (TPSA) is 71.3 Å². The van der Waals surface area contributed by atoms with Gasteiger partial charge < -0.3 is 14.8 Å². The fourth-order valence-electron chi connectivity index (χ4n) is 2.48. The monoisotopic (exact) mass is 350 g/mol. The molecule has 0 aliphatic heterocycles. The van der Waals surface area contributed by atoms with E-state index in [-0.39, 0.29) is 18.6 Å². The van der Waals surface area contributed by atoms with E-state index in [2.05, 4.69) is 18.0 Å². The first-order valence-electron chi connectivity index (χ1n) is 8.36. The van der Waals surface area contributed by atoms with Gasteiger partial charge in [-0.3, -0.25) is 4.79 Å². The lowest BCUT2D eigenvalue weighted by atomic mass is 10.0. The van der Waals surface area contributed by atoms with Gasteiger partial charge in [-0.1, -0.05) is 12.7 Å². The van der Waals surface area contributed by atoms with Crippen LogP contribution in [-0.2, 0) is 9.53 Å². The van der Waals surface area contributed by atoms with Gasteiger partial charge in [0.05, 0.1) is 24.3 Å². The predicted molar refractivity (Wildman–Crippen MR) is 102 cm³/mol. The minimum atomic E-state index is -0.346. The van der Waals surface area contributed by atoms with Gasteiger partial charge in [0.15, 0.2) is 0 Å². The Balaban J connectivity index is 2.33. The molecule has 2 rings (SSSR count). The van der Waals surface area contributed by atoms with Crippen LogP contribution in [0.25, 0.3) is 6.08 Å². The van der Waals surface area contributed by atoms with Gasteiger partial charge in [-0.25, -0.2) is 0 Å². The molecule has 5 heteroatoms. The molecule has 0 fully saturated rings. The van der Waals surface area contributed by atoms with Crippen molar-refractivity contribution < 1.29 is 14.3 Å². The highest BCUT2D eigenvalue weighted by Crippen LogP contribution is 2.26. The molecule has 0 heterocycles. The molecule has 1 N–H and O–H groups in total. The van der Waals surface area contributed by atoms with Gasteiger partial charge in [0.2, 0.25) is 0 Å². The maximum atomic E-state index is 11.3. The largest absolute Gasteiger partial charge is 0.494 e. The van der Waals surface area contributed by atoms with Gasteiger partial charge in [0.1, 0.15) is 12.4 Å². The number of nitrogens with zero attached hydrogens (tertiary/aromatic N) is 1. The first kappa shape index (κ1) is 19.1. The van der Waals surface area contributed by atoms with E-state index in [1.54, 1.807) is 18.2 Å². The number of nitriles is 1. The van der Waals surface area contributed by atoms with Crippen LogP contribution in [-0.4, -0.2) is 19.2 Å². The van der Waals surface area contributed by atoms with Crippen molar-refractivity contribution in [3.05, 3.63) is 65.7 Å². The van der Waals surface area contributed by atoms with E-state index in [9.17, 15) is 4.79 Å². The molecule has 0 radical (unpaired) electrons. The summed E-state index contributed by atoms with van der Waals surface area (Å²) in [6.45, 7) is 7.84. The third-order valence-corrected chi connectivity index (χ3v) is 3.71. The molecule has 0 aromatic heterocycles. The smallest absolute Gasteiger partial charge is 0.302 e. The Labute approximate surface area is 153 Å². The lowest BCUT2D eigenvalue weighted by Crippen LogP contribution is -2.19. The summed E-state index contributed by atoms with van der Waals surface area (Å²) in [6, 6.07) is 14.7. The van der Waals surface area contributed by atoms with Crippen LogP contribution < -0.4 is 10.1 Å². The Morgan fingerprint density at radius 3 is 2.62 bits per heavy atom. The van der Waals surface area contributed by atoms with Crippen LogP contribution in [0, 0.1) is 11.3 Å². The first-order chi connectivity index (χ1) is 12.5. The van der Waals surface area contributed by atoms with E-state index in [1.807, 2.05) is 37.3 Å². The van der Waals surface area contributed by atoms with Crippen LogP contribution >= 0.6 is 0 Å². The van der Waals surface area contributed by atoms with Crippen molar-refractivity contribution in [1.29, 1.82) is 5.26 Å². The molecule has 0 amide bonds. The number of benzene rings is 2. The molecule has 0 aliphatic rings. The molecule has 2 aromatic carbocycles. The third-order valence-electron chi connectivity index (χ3n) is 3.71. The highest BCUT2D eigenvalue weighted by molar-refractivity contribution is 5.66. The number of carbonyl (C=O) groups excluding carboxylic acids is 1. The fourth-order valence-corrected chi connectivity index (χ4v) is 2.48. The Morgan fingerprint density at radius 1 is 1.31 bits per heavy atom. The fraction of sp³-hybridized carbons (Fsp3) is 0.238. The lowest BCUT2D eigenvalue weighted by Gasteiger charge is -2.21. The van der Waals surface area contributed by atoms with Crippen LogP contribution in [0.2, 0.25) is 0 Å². The van der Waals surface area contributed by atoms with Crippen molar-refractivity contribution in [3.63, 3.8) is 0 Å². The summed E-state index contributed by atoms with van der Waals surface area (Å²) in [4.78, 5) is 11.3. The zero-order chi connectivity index (χ0) is 18.9. The lowest BCUT2D eigenvalue weighted by molar-refractivity contribution is -0.141. The molecule has 5 nitrogen and oxygen atoms in total. The van der Waals surface area contributed by atoms with E-state index < -0.39 is 0 Å². The van der Waals surface area contributed by atoms with Crippen molar-refractivity contribution in [2.24, 2.45) is 0 Å². The predicted octanol–water partition coefficient (Wildman–Crippen LogP) is 4.32. The molecule has 1 unspecified atom stereocenters. The number of rotatable bonds is 8. The quantitative estimate of drug-likeness (QED) is 0.718. The first-order valence-corrected chi connectivity index (χ1v) is 8.36. The van der Waals surface area contributed by atoms with Crippen LogP contribution in [0.3, 0.4) is 0 Å². The van der Waals surface area contributed by atoms with Gasteiger partial charge in [-0.15, -0.1) is 0 Å². The zero-order valence-corrected chi connectivity index (χ0v) is 15.0. The van der Waals surface area contributed by atoms with Crippen molar-refractivity contribution in [1.82, 2.24) is 0 Å². The summed E-state index contributed by atoms with van der Waals surface area (Å²) >= 11 is 0. The molecule has 26 heavy (non-hydrogen) atoms. The maximum absolute atomic E-state index is 11.3. The number of carbonyl (C=O) groups is 1. The van der Waals surface area contributed by atoms with E-state index in [0.717, 1.165) is 22.6 Å². The van der Waals surface area contributed by atoms with Gasteiger partial charge >= 0.3 is 5.97 Å². The minimum absolute atomic E-state index is 0.168. The van der Waals surface area contributed by atoms with Crippen LogP contribution in [0.4, 0.5) is 5.69 Å². The van der Waals surface area contributed by atoms with Gasteiger partial charge in [-0.2, -0.15) is 5.26 Å². The third kappa shape index (κ3) is 5.38. The highest BCUT2D eigenvalue weighted by Gasteiger charge is 2.15.